The predicted molar refractivity (Wildman–Crippen MR) is 149 cm³/mol. The number of hydrogen-bond acceptors (Lipinski definition) is 4. The molecule has 204 valence electrons. The molecule has 1 aromatic rings. The van der Waals surface area contributed by atoms with E-state index in [4.69, 9.17) is 10.8 Å². The number of amides is 3. The van der Waals surface area contributed by atoms with Crippen LogP contribution in [0.1, 0.15) is 67.9 Å². The smallest absolute Gasteiger partial charge is 0.320 e. The van der Waals surface area contributed by atoms with Crippen LogP contribution in [-0.4, -0.2) is 64.5 Å². The van der Waals surface area contributed by atoms with Crippen LogP contribution in [0.25, 0.3) is 0 Å². The van der Waals surface area contributed by atoms with Crippen molar-refractivity contribution in [1.29, 1.82) is 10.8 Å². The lowest BCUT2D eigenvalue weighted by Crippen LogP contribution is -2.44. The molecule has 3 aliphatic rings. The minimum atomic E-state index is -0.605. The van der Waals surface area contributed by atoms with E-state index in [-0.39, 0.29) is 23.1 Å². The standard InChI is InChI=1S/C27H33FN6O2.C2H6/c1-18(25(30)34-13-6-9-24(34)29)7-5-8-19(2)31-26(35)22-15-21-17-33(14-10-20(21)16-23(22)28)27(36)32-11-3-4-12-32;1-2/h5,7-8,15-16,29-30H,2-4,6,9-14,17H2,1H3,(H,31,35);1-2H3/b8-5-,18-7+,29-24?,30-25?;. The van der Waals surface area contributed by atoms with E-state index in [1.165, 1.54) is 12.1 Å². The van der Waals surface area contributed by atoms with E-state index in [1.54, 1.807) is 35.0 Å². The molecule has 3 aliphatic heterocycles. The molecule has 2 fully saturated rings. The minimum absolute atomic E-state index is 0.00462. The van der Waals surface area contributed by atoms with Crippen molar-refractivity contribution in [2.45, 2.75) is 59.4 Å². The molecule has 3 heterocycles. The van der Waals surface area contributed by atoms with E-state index < -0.39 is 11.7 Å². The summed E-state index contributed by atoms with van der Waals surface area (Å²) in [6.45, 7) is 12.7. The third-order valence-electron chi connectivity index (χ3n) is 6.88. The number of amidine groups is 2. The largest absolute Gasteiger partial charge is 0.325 e. The molecule has 1 aromatic carbocycles. The first kappa shape index (κ1) is 28.8. The van der Waals surface area contributed by atoms with Crippen molar-refractivity contribution < 1.29 is 14.0 Å². The van der Waals surface area contributed by atoms with Crippen LogP contribution in [0.5, 0.6) is 0 Å². The van der Waals surface area contributed by atoms with Crippen LogP contribution in [0, 0.1) is 16.6 Å². The van der Waals surface area contributed by atoms with E-state index >= 15 is 0 Å². The van der Waals surface area contributed by atoms with Gasteiger partial charge in [-0.3, -0.25) is 15.6 Å². The molecule has 0 atom stereocenters. The van der Waals surface area contributed by atoms with Gasteiger partial charge in [0.15, 0.2) is 0 Å². The lowest BCUT2D eigenvalue weighted by molar-refractivity contribution is 0.0963. The maximum Gasteiger partial charge on any atom is 0.320 e. The van der Waals surface area contributed by atoms with Gasteiger partial charge in [-0.05, 0) is 67.5 Å². The van der Waals surface area contributed by atoms with Gasteiger partial charge >= 0.3 is 6.03 Å². The number of carbonyl (C=O) groups excluding carboxylic acids is 2. The molecule has 3 amide bonds. The number of urea groups is 1. The number of allylic oxidation sites excluding steroid dienone is 3. The third-order valence-corrected chi connectivity index (χ3v) is 6.88. The Labute approximate surface area is 224 Å². The average Bonchev–Trinajstić information content (AvgIpc) is 3.60. The zero-order valence-electron chi connectivity index (χ0n) is 22.7. The van der Waals surface area contributed by atoms with Gasteiger partial charge in [-0.15, -0.1) is 0 Å². The molecule has 3 N–H and O–H groups in total. The van der Waals surface area contributed by atoms with Crippen LogP contribution in [0.3, 0.4) is 0 Å². The van der Waals surface area contributed by atoms with Crippen LogP contribution in [0.15, 0.2) is 48.2 Å². The molecule has 0 bridgehead atoms. The normalized spacial score (nSPS) is 17.3. The Morgan fingerprint density at radius 3 is 2.39 bits per heavy atom. The average molecular weight is 523 g/mol. The second kappa shape index (κ2) is 13.2. The summed E-state index contributed by atoms with van der Waals surface area (Å²) in [5.74, 6) is -0.472. The summed E-state index contributed by atoms with van der Waals surface area (Å²) >= 11 is 0. The molecule has 2 saturated heterocycles. The number of nitrogens with one attached hydrogen (secondary N) is 3. The number of halogens is 1. The van der Waals surface area contributed by atoms with Crippen molar-refractivity contribution in [1.82, 2.24) is 20.0 Å². The summed E-state index contributed by atoms with van der Waals surface area (Å²) in [5.41, 5.74) is 2.49. The Balaban J connectivity index is 0.00000195. The lowest BCUT2D eigenvalue weighted by atomic mass is 9.96. The van der Waals surface area contributed by atoms with Crippen molar-refractivity contribution in [3.8, 4) is 0 Å². The number of carbonyl (C=O) groups is 2. The molecule has 0 saturated carbocycles. The zero-order valence-corrected chi connectivity index (χ0v) is 22.7. The SMILES string of the molecule is C=C(/C=C\C=C(/C)C(=N)N1CCCC1=N)NC(=O)c1cc2c(cc1F)CCN(C(=O)N1CCCC1)C2.CC. The Bertz CT molecular complexity index is 1170. The predicted octanol–water partition coefficient (Wildman–Crippen LogP) is 5.22. The number of hydrogen-bond donors (Lipinski definition) is 3. The molecule has 0 spiro atoms. The highest BCUT2D eigenvalue weighted by Crippen LogP contribution is 2.25. The van der Waals surface area contributed by atoms with Crippen LogP contribution < -0.4 is 5.32 Å². The summed E-state index contributed by atoms with van der Waals surface area (Å²) in [5, 5.41) is 18.8. The van der Waals surface area contributed by atoms with Gasteiger partial charge in [0.2, 0.25) is 0 Å². The second-order valence-electron chi connectivity index (χ2n) is 9.49. The lowest BCUT2D eigenvalue weighted by Gasteiger charge is -2.32. The van der Waals surface area contributed by atoms with Crippen molar-refractivity contribution in [2.24, 2.45) is 0 Å². The van der Waals surface area contributed by atoms with Crippen molar-refractivity contribution in [2.75, 3.05) is 26.2 Å². The summed E-state index contributed by atoms with van der Waals surface area (Å²) in [6, 6.07) is 2.94. The van der Waals surface area contributed by atoms with Gasteiger partial charge in [-0.25, -0.2) is 9.18 Å². The first-order valence-corrected chi connectivity index (χ1v) is 13.4. The fraction of sp³-hybridized carbons (Fsp3) is 0.448. The molecule has 0 aliphatic carbocycles. The summed E-state index contributed by atoms with van der Waals surface area (Å²) in [7, 11) is 0. The maximum atomic E-state index is 14.8. The van der Waals surface area contributed by atoms with Gasteiger partial charge in [-0.2, -0.15) is 0 Å². The van der Waals surface area contributed by atoms with Crippen molar-refractivity contribution in [3.05, 3.63) is 70.7 Å². The van der Waals surface area contributed by atoms with Crippen molar-refractivity contribution >= 4 is 23.6 Å². The Hall–Kier alpha value is -3.75. The summed E-state index contributed by atoms with van der Waals surface area (Å²) < 4.78 is 14.8. The van der Waals surface area contributed by atoms with Gasteiger partial charge in [0.05, 0.1) is 5.56 Å². The van der Waals surface area contributed by atoms with Crippen LogP contribution in [0.2, 0.25) is 0 Å². The molecule has 0 aromatic heterocycles. The Kier molecular flexibility index (Phi) is 9.98. The number of benzene rings is 1. The number of fused-ring (bicyclic) bond motifs is 1. The quantitative estimate of drug-likeness (QED) is 0.281. The van der Waals surface area contributed by atoms with Crippen LogP contribution in [-0.2, 0) is 13.0 Å². The third kappa shape index (κ3) is 6.76. The van der Waals surface area contributed by atoms with E-state index in [0.717, 1.165) is 43.5 Å². The molecule has 4 rings (SSSR count). The highest BCUT2D eigenvalue weighted by atomic mass is 19.1. The first-order valence-electron chi connectivity index (χ1n) is 13.4. The molecule has 0 radical (unpaired) electrons. The Morgan fingerprint density at radius 1 is 1.03 bits per heavy atom. The fourth-order valence-corrected chi connectivity index (χ4v) is 4.80. The van der Waals surface area contributed by atoms with Crippen molar-refractivity contribution in [3.63, 3.8) is 0 Å². The number of rotatable bonds is 5. The zero-order chi connectivity index (χ0) is 27.8. The monoisotopic (exact) mass is 522 g/mol. The van der Waals surface area contributed by atoms with E-state index in [9.17, 15) is 14.0 Å². The van der Waals surface area contributed by atoms with Gasteiger partial charge < -0.3 is 20.0 Å². The summed E-state index contributed by atoms with van der Waals surface area (Å²) in [4.78, 5) is 30.9. The molecule has 38 heavy (non-hydrogen) atoms. The molecule has 9 heteroatoms. The molecule has 8 nitrogen and oxygen atoms in total. The van der Waals surface area contributed by atoms with Gasteiger partial charge in [-0.1, -0.05) is 32.6 Å². The van der Waals surface area contributed by atoms with Crippen LogP contribution >= 0.6 is 0 Å². The van der Waals surface area contributed by atoms with Gasteiger partial charge in [0.1, 0.15) is 17.5 Å². The highest BCUT2D eigenvalue weighted by Gasteiger charge is 2.28. The van der Waals surface area contributed by atoms with Crippen LogP contribution in [0.4, 0.5) is 9.18 Å². The highest BCUT2D eigenvalue weighted by molar-refractivity contribution is 6.07. The molecule has 0 unspecified atom stereocenters. The van der Waals surface area contributed by atoms with E-state index in [2.05, 4.69) is 11.9 Å². The van der Waals surface area contributed by atoms with Gasteiger partial charge in [0.25, 0.3) is 5.91 Å². The van der Waals surface area contributed by atoms with Gasteiger partial charge in [0, 0.05) is 44.8 Å². The fourth-order valence-electron chi connectivity index (χ4n) is 4.80. The second-order valence-corrected chi connectivity index (χ2v) is 9.49. The molecular weight excluding hydrogens is 483 g/mol. The number of nitrogens with zero attached hydrogens (tertiary/aromatic N) is 3. The van der Waals surface area contributed by atoms with E-state index in [1.807, 2.05) is 18.7 Å². The summed E-state index contributed by atoms with van der Waals surface area (Å²) in [6.07, 6.45) is 9.11. The molecular formula is C29H39FN6O2. The minimum Gasteiger partial charge on any atom is -0.325 e. The number of likely N-dealkylation sites (tertiary alicyclic amines) is 2. The van der Waals surface area contributed by atoms with E-state index in [0.29, 0.717) is 43.9 Å². The topological polar surface area (TPSA) is 104 Å². The Morgan fingerprint density at radius 2 is 1.74 bits per heavy atom. The first-order chi connectivity index (χ1) is 18.2. The maximum absolute atomic E-state index is 14.8.